The Bertz CT molecular complexity index is 397. The van der Waals surface area contributed by atoms with Crippen LogP contribution in [0.1, 0.15) is 10.4 Å². The van der Waals surface area contributed by atoms with E-state index in [4.69, 9.17) is 9.47 Å². The van der Waals surface area contributed by atoms with Gasteiger partial charge in [0, 0.05) is 12.7 Å². The Balaban J connectivity index is 3.01. The Morgan fingerprint density at radius 2 is 2.18 bits per heavy atom. The summed E-state index contributed by atoms with van der Waals surface area (Å²) < 4.78 is 27.7. The van der Waals surface area contributed by atoms with Crippen LogP contribution in [0, 0.1) is 5.82 Å². The number of benzene rings is 1. The number of rotatable bonds is 5. The fraction of sp³-hybridized carbons (Fsp3) is 0.364. The fourth-order valence-corrected chi connectivity index (χ4v) is 1.75. The number of carbonyl (C=O) groups excluding carboxylic acids is 1. The third-order valence-corrected chi connectivity index (χ3v) is 2.85. The van der Waals surface area contributed by atoms with Gasteiger partial charge in [-0.05, 0) is 18.2 Å². The van der Waals surface area contributed by atoms with E-state index in [0.717, 1.165) is 0 Å². The first-order valence-corrected chi connectivity index (χ1v) is 5.64. The summed E-state index contributed by atoms with van der Waals surface area (Å²) in [5, 5.41) is 0. The van der Waals surface area contributed by atoms with Crippen molar-refractivity contribution in [3.8, 4) is 5.75 Å². The average Bonchev–Trinajstić information content (AvgIpc) is 2.35. The van der Waals surface area contributed by atoms with Gasteiger partial charge < -0.3 is 14.2 Å². The highest BCUT2D eigenvalue weighted by molar-refractivity contribution is 9.09. The summed E-state index contributed by atoms with van der Waals surface area (Å²) in [6.45, 7) is 0.0134. The molecule has 1 unspecified atom stereocenters. The molecule has 0 saturated heterocycles. The molecule has 0 fully saturated rings. The third kappa shape index (κ3) is 3.67. The Kier molecular flexibility index (Phi) is 5.37. The lowest BCUT2D eigenvalue weighted by Gasteiger charge is -2.14. The first kappa shape index (κ1) is 13.9. The van der Waals surface area contributed by atoms with E-state index < -0.39 is 16.6 Å². The maximum Gasteiger partial charge on any atom is 0.324 e. The number of carbonyl (C=O) groups is 1. The van der Waals surface area contributed by atoms with Crippen LogP contribution >= 0.6 is 15.9 Å². The highest BCUT2D eigenvalue weighted by atomic mass is 79.9. The van der Waals surface area contributed by atoms with Gasteiger partial charge in [0.2, 0.25) is 0 Å². The van der Waals surface area contributed by atoms with Gasteiger partial charge in [0.15, 0.2) is 6.79 Å². The molecular formula is C11H12BrFO4. The predicted molar refractivity (Wildman–Crippen MR) is 62.6 cm³/mol. The summed E-state index contributed by atoms with van der Waals surface area (Å²) in [6, 6.07) is 3.88. The van der Waals surface area contributed by atoms with Crippen LogP contribution in [0.4, 0.5) is 4.39 Å². The van der Waals surface area contributed by atoms with Crippen molar-refractivity contribution in [1.82, 2.24) is 0 Å². The molecule has 0 N–H and O–H groups in total. The van der Waals surface area contributed by atoms with Gasteiger partial charge in [0.05, 0.1) is 7.11 Å². The Morgan fingerprint density at radius 3 is 2.76 bits per heavy atom. The number of esters is 1. The van der Waals surface area contributed by atoms with Crippen LogP contribution in [0.2, 0.25) is 0 Å². The molecule has 0 amide bonds. The molecule has 6 heteroatoms. The van der Waals surface area contributed by atoms with Gasteiger partial charge in [-0.1, -0.05) is 15.9 Å². The second kappa shape index (κ2) is 6.56. The number of alkyl halides is 1. The molecule has 1 aromatic carbocycles. The normalized spacial score (nSPS) is 12.0. The van der Waals surface area contributed by atoms with Gasteiger partial charge in [0.25, 0.3) is 0 Å². The van der Waals surface area contributed by atoms with Crippen molar-refractivity contribution < 1.29 is 23.4 Å². The smallest absolute Gasteiger partial charge is 0.324 e. The van der Waals surface area contributed by atoms with Crippen LogP contribution in [-0.4, -0.2) is 27.0 Å². The lowest BCUT2D eigenvalue weighted by atomic mass is 10.1. The number of methoxy groups -OCH3 is 2. The van der Waals surface area contributed by atoms with Crippen molar-refractivity contribution in [2.45, 2.75) is 4.83 Å². The first-order valence-electron chi connectivity index (χ1n) is 4.73. The van der Waals surface area contributed by atoms with Gasteiger partial charge in [-0.3, -0.25) is 4.79 Å². The molecule has 94 valence electrons. The molecule has 1 rings (SSSR count). The maximum atomic E-state index is 13.1. The lowest BCUT2D eigenvalue weighted by Crippen LogP contribution is -2.11. The SMILES string of the molecule is COCOc1ccc(F)cc1C(Br)C(=O)OC. The number of hydrogen-bond donors (Lipinski definition) is 0. The molecule has 0 heterocycles. The second-order valence-corrected chi connectivity index (χ2v) is 4.03. The number of ether oxygens (including phenoxy) is 3. The Labute approximate surface area is 107 Å². The van der Waals surface area contributed by atoms with E-state index >= 15 is 0 Å². The van der Waals surface area contributed by atoms with Crippen LogP contribution in [0.5, 0.6) is 5.75 Å². The van der Waals surface area contributed by atoms with Gasteiger partial charge >= 0.3 is 5.97 Å². The Morgan fingerprint density at radius 1 is 1.47 bits per heavy atom. The van der Waals surface area contributed by atoms with Crippen LogP contribution in [0.25, 0.3) is 0 Å². The minimum Gasteiger partial charge on any atom is -0.468 e. The zero-order valence-electron chi connectivity index (χ0n) is 9.41. The molecule has 0 aliphatic rings. The van der Waals surface area contributed by atoms with Gasteiger partial charge in [-0.15, -0.1) is 0 Å². The van der Waals surface area contributed by atoms with Crippen molar-refractivity contribution in [1.29, 1.82) is 0 Å². The van der Waals surface area contributed by atoms with E-state index in [1.54, 1.807) is 0 Å². The van der Waals surface area contributed by atoms with E-state index in [1.165, 1.54) is 32.4 Å². The highest BCUT2D eigenvalue weighted by Gasteiger charge is 2.22. The molecule has 0 aromatic heterocycles. The highest BCUT2D eigenvalue weighted by Crippen LogP contribution is 2.32. The lowest BCUT2D eigenvalue weighted by molar-refractivity contribution is -0.139. The topological polar surface area (TPSA) is 44.8 Å². The van der Waals surface area contributed by atoms with E-state index in [9.17, 15) is 9.18 Å². The van der Waals surface area contributed by atoms with E-state index in [1.807, 2.05) is 0 Å². The minimum atomic E-state index is -0.782. The molecule has 0 saturated carbocycles. The molecule has 1 atom stereocenters. The van der Waals surface area contributed by atoms with Gasteiger partial charge in [-0.2, -0.15) is 0 Å². The van der Waals surface area contributed by atoms with E-state index in [0.29, 0.717) is 11.3 Å². The summed E-state index contributed by atoms with van der Waals surface area (Å²) in [6.07, 6.45) is 0. The largest absolute Gasteiger partial charge is 0.468 e. The van der Waals surface area contributed by atoms with Crippen molar-refractivity contribution in [3.05, 3.63) is 29.6 Å². The molecule has 4 nitrogen and oxygen atoms in total. The second-order valence-electron chi connectivity index (χ2n) is 3.12. The van der Waals surface area contributed by atoms with Crippen LogP contribution < -0.4 is 4.74 Å². The molecular weight excluding hydrogens is 295 g/mol. The molecule has 0 radical (unpaired) electrons. The molecule has 1 aromatic rings. The number of hydrogen-bond acceptors (Lipinski definition) is 4. The summed E-state index contributed by atoms with van der Waals surface area (Å²) in [5.74, 6) is -0.628. The molecule has 0 spiro atoms. The fourth-order valence-electron chi connectivity index (χ4n) is 1.20. The van der Waals surface area contributed by atoms with Crippen LogP contribution in [-0.2, 0) is 14.3 Å². The monoisotopic (exact) mass is 306 g/mol. The molecule has 0 aliphatic heterocycles. The number of halogens is 2. The van der Waals surface area contributed by atoms with E-state index in [-0.39, 0.29) is 6.79 Å². The summed E-state index contributed by atoms with van der Waals surface area (Å²) in [4.78, 5) is 10.6. The summed E-state index contributed by atoms with van der Waals surface area (Å²) in [5.41, 5.74) is 0.355. The van der Waals surface area contributed by atoms with Crippen molar-refractivity contribution in [3.63, 3.8) is 0 Å². The molecule has 0 aliphatic carbocycles. The third-order valence-electron chi connectivity index (χ3n) is 1.99. The van der Waals surface area contributed by atoms with Crippen molar-refractivity contribution in [2.75, 3.05) is 21.0 Å². The zero-order chi connectivity index (χ0) is 12.8. The zero-order valence-corrected chi connectivity index (χ0v) is 11.0. The van der Waals surface area contributed by atoms with Crippen molar-refractivity contribution >= 4 is 21.9 Å². The van der Waals surface area contributed by atoms with Gasteiger partial charge in [-0.25, -0.2) is 4.39 Å². The van der Waals surface area contributed by atoms with E-state index in [2.05, 4.69) is 20.7 Å². The average molecular weight is 307 g/mol. The summed E-state index contributed by atoms with van der Waals surface area (Å²) in [7, 11) is 2.72. The Hall–Kier alpha value is -1.14. The van der Waals surface area contributed by atoms with Gasteiger partial charge in [0.1, 0.15) is 16.4 Å². The van der Waals surface area contributed by atoms with Crippen molar-refractivity contribution in [2.24, 2.45) is 0 Å². The van der Waals surface area contributed by atoms with Crippen LogP contribution in [0.3, 0.4) is 0 Å². The molecule has 17 heavy (non-hydrogen) atoms. The predicted octanol–water partition coefficient (Wildman–Crippen LogP) is 2.42. The molecule has 0 bridgehead atoms. The standard InChI is InChI=1S/C11H12BrFO4/c1-15-6-17-9-4-3-7(13)5-8(9)10(12)11(14)16-2/h3-5,10H,6H2,1-2H3. The first-order chi connectivity index (χ1) is 8.10. The quantitative estimate of drug-likeness (QED) is 0.476. The summed E-state index contributed by atoms with van der Waals surface area (Å²) >= 11 is 3.13. The maximum absolute atomic E-state index is 13.1. The minimum absolute atomic E-state index is 0.0134. The van der Waals surface area contributed by atoms with Crippen LogP contribution in [0.15, 0.2) is 18.2 Å².